The average molecular weight is 256 g/mol. The van der Waals surface area contributed by atoms with Gasteiger partial charge in [-0.05, 0) is 32.2 Å². The van der Waals surface area contributed by atoms with Crippen molar-refractivity contribution in [2.75, 3.05) is 7.11 Å². The molecular weight excluding hydrogens is 235 g/mol. The van der Waals surface area contributed by atoms with Crippen molar-refractivity contribution in [2.45, 2.75) is 44.8 Å². The maximum absolute atomic E-state index is 11.7. The fraction of sp³-hybridized carbons (Fsp3) is 0.727. The Balaban J connectivity index is 2.69. The molecule has 0 spiro atoms. The number of allylic oxidation sites excluding steroid dienone is 1. The number of amides is 1. The highest BCUT2D eigenvalue weighted by molar-refractivity contribution is 6.43. The molecule has 0 fully saturated rings. The lowest BCUT2D eigenvalue weighted by Gasteiger charge is -2.32. The van der Waals surface area contributed by atoms with Crippen LogP contribution in [0.3, 0.4) is 0 Å². The summed E-state index contributed by atoms with van der Waals surface area (Å²) in [6.07, 6.45) is 5.64. The molecule has 1 aliphatic heterocycles. The summed E-state index contributed by atoms with van der Waals surface area (Å²) in [4.78, 5) is 16.3. The minimum Gasteiger partial charge on any atom is -0.427 e. The van der Waals surface area contributed by atoms with Crippen molar-refractivity contribution in [2.24, 2.45) is 0 Å². The Labute approximate surface area is 108 Å². The molecule has 6 nitrogen and oxygen atoms in total. The minimum absolute atomic E-state index is 0.267. The zero-order chi connectivity index (χ0) is 13.6. The van der Waals surface area contributed by atoms with Crippen LogP contribution in [0.2, 0.25) is 6.32 Å². The van der Waals surface area contributed by atoms with E-state index in [1.807, 2.05) is 19.1 Å². The number of hydrogen-bond donors (Lipinski definition) is 3. The number of rotatable bonds is 5. The molecule has 0 aromatic heterocycles. The number of carbonyl (C=O) groups is 1. The molecule has 18 heavy (non-hydrogen) atoms. The molecule has 0 aromatic rings. The maximum Gasteiger partial charge on any atom is 0.456 e. The van der Waals surface area contributed by atoms with Crippen molar-refractivity contribution in [3.05, 3.63) is 12.2 Å². The van der Waals surface area contributed by atoms with Crippen LogP contribution < -0.4 is 10.8 Å². The van der Waals surface area contributed by atoms with E-state index in [1.54, 1.807) is 6.92 Å². The Morgan fingerprint density at radius 1 is 1.72 bits per heavy atom. The van der Waals surface area contributed by atoms with Crippen molar-refractivity contribution in [3.8, 4) is 0 Å². The minimum atomic E-state index is -0.859. The second kappa shape index (κ2) is 6.89. The SMILES string of the molecule is CC[C@H](NC1(C)C=CCCB(O)O1)C(=O)NOC. The number of carbonyl (C=O) groups excluding carboxylic acids is 1. The average Bonchev–Trinajstić information content (AvgIpc) is 2.48. The third kappa shape index (κ3) is 4.42. The first-order valence-corrected chi connectivity index (χ1v) is 6.15. The first-order valence-electron chi connectivity index (χ1n) is 6.15. The Hall–Kier alpha value is -0.885. The van der Waals surface area contributed by atoms with Gasteiger partial charge in [-0.3, -0.25) is 14.9 Å². The topological polar surface area (TPSA) is 79.8 Å². The molecule has 1 aliphatic rings. The lowest BCUT2D eigenvalue weighted by atomic mass is 9.84. The van der Waals surface area contributed by atoms with Crippen LogP contribution in [0, 0.1) is 0 Å². The Kier molecular flexibility index (Phi) is 5.81. The molecule has 2 atom stereocenters. The largest absolute Gasteiger partial charge is 0.456 e. The monoisotopic (exact) mass is 256 g/mol. The van der Waals surface area contributed by atoms with Gasteiger partial charge in [0, 0.05) is 0 Å². The molecule has 7 heteroatoms. The smallest absolute Gasteiger partial charge is 0.427 e. The van der Waals surface area contributed by atoms with Gasteiger partial charge in [0.25, 0.3) is 5.91 Å². The standard InChI is InChI=1S/C11H21BN2O4/c1-4-9(10(15)14-17-3)13-11(2)7-5-6-8-12(16)18-11/h5,7,9,13,16H,4,6,8H2,1-3H3,(H,14,15)/t9-,11?/m0/s1. The molecule has 0 aromatic carbocycles. The van der Waals surface area contributed by atoms with Crippen LogP contribution in [0.1, 0.15) is 26.7 Å². The molecule has 1 rings (SSSR count). The van der Waals surface area contributed by atoms with Gasteiger partial charge in [-0.15, -0.1) is 0 Å². The van der Waals surface area contributed by atoms with Crippen molar-refractivity contribution in [3.63, 3.8) is 0 Å². The zero-order valence-electron chi connectivity index (χ0n) is 11.1. The number of hydrogen-bond acceptors (Lipinski definition) is 5. The lowest BCUT2D eigenvalue weighted by molar-refractivity contribution is -0.135. The summed E-state index contributed by atoms with van der Waals surface area (Å²) in [6.45, 7) is 3.66. The molecule has 0 bridgehead atoms. The van der Waals surface area contributed by atoms with Gasteiger partial charge in [0.15, 0.2) is 0 Å². The summed E-state index contributed by atoms with van der Waals surface area (Å²) in [5.74, 6) is -0.267. The number of nitrogens with one attached hydrogen (secondary N) is 2. The summed E-state index contributed by atoms with van der Waals surface area (Å²) in [5.41, 5.74) is 1.43. The van der Waals surface area contributed by atoms with Gasteiger partial charge in [-0.1, -0.05) is 13.0 Å². The van der Waals surface area contributed by atoms with Crippen LogP contribution in [-0.2, 0) is 14.3 Å². The molecule has 0 saturated heterocycles. The van der Waals surface area contributed by atoms with Gasteiger partial charge in [-0.25, -0.2) is 5.48 Å². The first kappa shape index (κ1) is 15.2. The van der Waals surface area contributed by atoms with Gasteiger partial charge in [0.1, 0.15) is 5.72 Å². The third-order valence-electron chi connectivity index (χ3n) is 2.79. The van der Waals surface area contributed by atoms with Crippen LogP contribution >= 0.6 is 0 Å². The predicted molar refractivity (Wildman–Crippen MR) is 68.4 cm³/mol. The second-order valence-electron chi connectivity index (χ2n) is 4.43. The van der Waals surface area contributed by atoms with Gasteiger partial charge < -0.3 is 9.68 Å². The molecule has 0 aliphatic carbocycles. The zero-order valence-corrected chi connectivity index (χ0v) is 11.1. The fourth-order valence-corrected chi connectivity index (χ4v) is 1.88. The van der Waals surface area contributed by atoms with Crippen LogP contribution in [-0.4, -0.2) is 36.9 Å². The van der Waals surface area contributed by atoms with Crippen LogP contribution in [0.5, 0.6) is 0 Å². The highest BCUT2D eigenvalue weighted by Crippen LogP contribution is 2.18. The van der Waals surface area contributed by atoms with E-state index in [0.717, 1.165) is 6.42 Å². The molecule has 1 unspecified atom stereocenters. The van der Waals surface area contributed by atoms with Crippen molar-refractivity contribution in [1.82, 2.24) is 10.8 Å². The summed E-state index contributed by atoms with van der Waals surface area (Å²) < 4.78 is 5.50. The third-order valence-corrected chi connectivity index (χ3v) is 2.79. The van der Waals surface area contributed by atoms with E-state index in [0.29, 0.717) is 12.7 Å². The van der Waals surface area contributed by atoms with E-state index in [-0.39, 0.29) is 5.91 Å². The van der Waals surface area contributed by atoms with Crippen molar-refractivity contribution < 1.29 is 19.3 Å². The van der Waals surface area contributed by atoms with Gasteiger partial charge in [-0.2, -0.15) is 0 Å². The maximum atomic E-state index is 11.7. The summed E-state index contributed by atoms with van der Waals surface area (Å²) in [5, 5.41) is 12.7. The lowest BCUT2D eigenvalue weighted by Crippen LogP contribution is -2.55. The molecular formula is C11H21BN2O4. The molecule has 3 N–H and O–H groups in total. The van der Waals surface area contributed by atoms with Crippen LogP contribution in [0.15, 0.2) is 12.2 Å². The Morgan fingerprint density at radius 2 is 2.44 bits per heavy atom. The normalized spacial score (nSPS) is 25.7. The van der Waals surface area contributed by atoms with Crippen molar-refractivity contribution >= 4 is 13.0 Å². The van der Waals surface area contributed by atoms with E-state index in [2.05, 4.69) is 15.6 Å². The summed E-state index contributed by atoms with van der Waals surface area (Å²) >= 11 is 0. The fourth-order valence-electron chi connectivity index (χ4n) is 1.88. The van der Waals surface area contributed by atoms with E-state index in [1.165, 1.54) is 7.11 Å². The molecule has 1 heterocycles. The Bertz CT molecular complexity index is 313. The van der Waals surface area contributed by atoms with Crippen LogP contribution in [0.4, 0.5) is 0 Å². The highest BCUT2D eigenvalue weighted by atomic mass is 16.6. The van der Waals surface area contributed by atoms with E-state index in [9.17, 15) is 9.82 Å². The molecule has 102 valence electrons. The van der Waals surface area contributed by atoms with Gasteiger partial charge in [0.05, 0.1) is 13.2 Å². The highest BCUT2D eigenvalue weighted by Gasteiger charge is 2.33. The van der Waals surface area contributed by atoms with E-state index in [4.69, 9.17) is 4.65 Å². The second-order valence-corrected chi connectivity index (χ2v) is 4.43. The quantitative estimate of drug-likeness (QED) is 0.372. The first-order chi connectivity index (χ1) is 8.50. The molecule has 0 radical (unpaired) electrons. The van der Waals surface area contributed by atoms with Gasteiger partial charge >= 0.3 is 7.12 Å². The molecule has 0 saturated carbocycles. The van der Waals surface area contributed by atoms with E-state index < -0.39 is 18.9 Å². The Morgan fingerprint density at radius 3 is 3.06 bits per heavy atom. The van der Waals surface area contributed by atoms with Gasteiger partial charge in [0.2, 0.25) is 0 Å². The predicted octanol–water partition coefficient (Wildman–Crippen LogP) is 0.205. The van der Waals surface area contributed by atoms with Crippen molar-refractivity contribution in [1.29, 1.82) is 0 Å². The molecule has 1 amide bonds. The van der Waals surface area contributed by atoms with Crippen LogP contribution in [0.25, 0.3) is 0 Å². The summed E-state index contributed by atoms with van der Waals surface area (Å²) in [7, 11) is 0.554. The number of hydroxylamine groups is 1. The summed E-state index contributed by atoms with van der Waals surface area (Å²) in [6, 6.07) is -0.454. The van der Waals surface area contributed by atoms with E-state index >= 15 is 0 Å².